The van der Waals surface area contributed by atoms with Gasteiger partial charge in [0.2, 0.25) is 5.91 Å². The number of furan rings is 1. The van der Waals surface area contributed by atoms with Crippen LogP contribution in [-0.4, -0.2) is 16.1 Å². The molecule has 1 unspecified atom stereocenters. The predicted molar refractivity (Wildman–Crippen MR) is 99.0 cm³/mol. The third-order valence-corrected chi connectivity index (χ3v) is 5.32. The number of carbonyl (C=O) groups is 1. The molecule has 2 aromatic heterocycles. The molecule has 4 nitrogen and oxygen atoms in total. The van der Waals surface area contributed by atoms with Gasteiger partial charge in [-0.3, -0.25) is 9.78 Å². The average Bonchev–Trinajstić information content (AvgIpc) is 3.08. The Morgan fingerprint density at radius 2 is 2.08 bits per heavy atom. The summed E-state index contributed by atoms with van der Waals surface area (Å²) in [5, 5.41) is 3.87. The summed E-state index contributed by atoms with van der Waals surface area (Å²) in [5.41, 5.74) is 1.68. The van der Waals surface area contributed by atoms with Gasteiger partial charge in [-0.2, -0.15) is 0 Å². The Hall–Kier alpha value is -2.27. The average molecular weight is 340 g/mol. The van der Waals surface area contributed by atoms with Crippen LogP contribution in [0, 0.1) is 5.92 Å². The van der Waals surface area contributed by atoms with Crippen LogP contribution >= 0.6 is 11.8 Å². The number of rotatable bonds is 6. The third kappa shape index (κ3) is 3.79. The predicted octanol–water partition coefficient (Wildman–Crippen LogP) is 4.72. The molecule has 0 aliphatic rings. The minimum atomic E-state index is -0.151. The molecule has 3 rings (SSSR count). The highest BCUT2D eigenvalue weighted by Gasteiger charge is 2.23. The number of thioether (sulfide) groups is 1. The summed E-state index contributed by atoms with van der Waals surface area (Å²) in [4.78, 5) is 17.1. The maximum absolute atomic E-state index is 12.8. The second-order valence-electron chi connectivity index (χ2n) is 5.92. The van der Waals surface area contributed by atoms with Crippen LogP contribution in [0.3, 0.4) is 0 Å². The van der Waals surface area contributed by atoms with Gasteiger partial charge in [-0.05, 0) is 42.3 Å². The lowest BCUT2D eigenvalue weighted by molar-refractivity contribution is -0.116. The summed E-state index contributed by atoms with van der Waals surface area (Å²) in [6.45, 7) is 4.12. The molecule has 0 aliphatic heterocycles. The van der Waals surface area contributed by atoms with Crippen molar-refractivity contribution in [3.63, 3.8) is 0 Å². The first-order valence-electron chi connectivity index (χ1n) is 7.94. The number of carbonyl (C=O) groups excluding carboxylic acids is 1. The first kappa shape index (κ1) is 16.6. The van der Waals surface area contributed by atoms with Crippen LogP contribution in [0.15, 0.2) is 59.3 Å². The zero-order valence-electron chi connectivity index (χ0n) is 13.7. The number of nitrogens with one attached hydrogen (secondary N) is 1. The number of hydrogen-bond donors (Lipinski definition) is 1. The molecule has 1 aromatic carbocycles. The highest BCUT2D eigenvalue weighted by Crippen LogP contribution is 2.27. The van der Waals surface area contributed by atoms with Crippen molar-refractivity contribution < 1.29 is 9.21 Å². The van der Waals surface area contributed by atoms with Crippen molar-refractivity contribution in [2.75, 3.05) is 5.32 Å². The molecule has 0 fully saturated rings. The molecule has 0 saturated heterocycles. The molecule has 24 heavy (non-hydrogen) atoms. The lowest BCUT2D eigenvalue weighted by Crippen LogP contribution is -2.29. The van der Waals surface area contributed by atoms with E-state index in [4.69, 9.17) is 4.42 Å². The fraction of sp³-hybridized carbons (Fsp3) is 0.263. The minimum Gasteiger partial charge on any atom is -0.468 e. The number of fused-ring (bicyclic) bond motifs is 1. The molecule has 5 heteroatoms. The van der Waals surface area contributed by atoms with Crippen LogP contribution in [-0.2, 0) is 10.5 Å². The molecule has 124 valence electrons. The highest BCUT2D eigenvalue weighted by molar-refractivity contribution is 7.99. The normalized spacial score (nSPS) is 12.5. The molecular weight excluding hydrogens is 320 g/mol. The SMILES string of the molecule is CC(C)C(SCc1ccco1)C(=O)Nc1cccc2ncccc12. The molecule has 1 amide bonds. The van der Waals surface area contributed by atoms with E-state index in [1.165, 1.54) is 0 Å². The van der Waals surface area contributed by atoms with E-state index in [9.17, 15) is 4.79 Å². The van der Waals surface area contributed by atoms with Crippen LogP contribution in [0.25, 0.3) is 10.9 Å². The van der Waals surface area contributed by atoms with Crippen LogP contribution in [0.1, 0.15) is 19.6 Å². The number of nitrogens with zero attached hydrogens (tertiary/aromatic N) is 1. The third-order valence-electron chi connectivity index (χ3n) is 3.75. The van der Waals surface area contributed by atoms with Crippen molar-refractivity contribution in [2.24, 2.45) is 5.92 Å². The molecule has 3 aromatic rings. The summed E-state index contributed by atoms with van der Waals surface area (Å²) >= 11 is 1.60. The van der Waals surface area contributed by atoms with Crippen molar-refractivity contribution in [3.8, 4) is 0 Å². The lowest BCUT2D eigenvalue weighted by Gasteiger charge is -2.20. The van der Waals surface area contributed by atoms with E-state index >= 15 is 0 Å². The Kier molecular flexibility index (Phi) is 5.20. The van der Waals surface area contributed by atoms with Crippen molar-refractivity contribution in [1.82, 2.24) is 4.98 Å². The summed E-state index contributed by atoms with van der Waals surface area (Å²) in [5.74, 6) is 1.80. The van der Waals surface area contributed by atoms with Crippen LogP contribution in [0.4, 0.5) is 5.69 Å². The molecule has 0 aliphatic carbocycles. The van der Waals surface area contributed by atoms with Crippen LogP contribution in [0.5, 0.6) is 0 Å². The molecule has 0 spiro atoms. The maximum Gasteiger partial charge on any atom is 0.237 e. The Bertz CT molecular complexity index is 810. The summed E-state index contributed by atoms with van der Waals surface area (Å²) in [6, 6.07) is 13.4. The van der Waals surface area contributed by atoms with Crippen LogP contribution < -0.4 is 5.32 Å². The van der Waals surface area contributed by atoms with Crippen molar-refractivity contribution >= 4 is 34.3 Å². The number of anilines is 1. The maximum atomic E-state index is 12.8. The molecule has 1 N–H and O–H groups in total. The van der Waals surface area contributed by atoms with Gasteiger partial charge in [0.25, 0.3) is 0 Å². The molecule has 0 bridgehead atoms. The summed E-state index contributed by atoms with van der Waals surface area (Å²) in [6.07, 6.45) is 3.41. The first-order valence-corrected chi connectivity index (χ1v) is 8.98. The van der Waals surface area contributed by atoms with Gasteiger partial charge in [-0.25, -0.2) is 0 Å². The first-order chi connectivity index (χ1) is 11.6. The van der Waals surface area contributed by atoms with E-state index < -0.39 is 0 Å². The van der Waals surface area contributed by atoms with Gasteiger partial charge in [-0.1, -0.05) is 19.9 Å². The van der Waals surface area contributed by atoms with Gasteiger partial charge < -0.3 is 9.73 Å². The fourth-order valence-electron chi connectivity index (χ4n) is 2.55. The van der Waals surface area contributed by atoms with Gasteiger partial charge in [-0.15, -0.1) is 11.8 Å². The molecular formula is C19H20N2O2S. The Labute approximate surface area is 145 Å². The molecule has 0 radical (unpaired) electrons. The van der Waals surface area contributed by atoms with Crippen molar-refractivity contribution in [2.45, 2.75) is 24.9 Å². The Balaban J connectivity index is 1.75. The Morgan fingerprint density at radius 3 is 2.83 bits per heavy atom. The quantitative estimate of drug-likeness (QED) is 0.705. The second-order valence-corrected chi connectivity index (χ2v) is 7.05. The number of benzene rings is 1. The van der Waals surface area contributed by atoms with Gasteiger partial charge in [0.15, 0.2) is 0 Å². The standard InChI is InChI=1S/C19H20N2O2S/c1-13(2)18(24-12-14-6-5-11-23-14)19(22)21-17-9-3-8-16-15(17)7-4-10-20-16/h3-11,13,18H,12H2,1-2H3,(H,21,22). The van der Waals surface area contributed by atoms with Gasteiger partial charge in [0.1, 0.15) is 5.76 Å². The number of aromatic nitrogens is 1. The number of hydrogen-bond acceptors (Lipinski definition) is 4. The number of pyridine rings is 1. The molecule has 0 saturated carbocycles. The summed E-state index contributed by atoms with van der Waals surface area (Å²) < 4.78 is 5.36. The highest BCUT2D eigenvalue weighted by atomic mass is 32.2. The monoisotopic (exact) mass is 340 g/mol. The number of amides is 1. The van der Waals surface area contributed by atoms with Gasteiger partial charge in [0.05, 0.1) is 28.5 Å². The largest absolute Gasteiger partial charge is 0.468 e. The lowest BCUT2D eigenvalue weighted by atomic mass is 10.1. The van der Waals surface area contributed by atoms with Gasteiger partial charge >= 0.3 is 0 Å². The Morgan fingerprint density at radius 1 is 1.21 bits per heavy atom. The van der Waals surface area contributed by atoms with E-state index in [-0.39, 0.29) is 17.1 Å². The molecule has 2 heterocycles. The van der Waals surface area contributed by atoms with Gasteiger partial charge in [0, 0.05) is 11.6 Å². The minimum absolute atomic E-state index is 0.0120. The molecule has 1 atom stereocenters. The smallest absolute Gasteiger partial charge is 0.237 e. The van der Waals surface area contributed by atoms with E-state index in [0.29, 0.717) is 5.75 Å². The van der Waals surface area contributed by atoms with Crippen molar-refractivity contribution in [3.05, 3.63) is 60.7 Å². The fourth-order valence-corrected chi connectivity index (χ4v) is 3.66. The zero-order valence-corrected chi connectivity index (χ0v) is 14.5. The zero-order chi connectivity index (χ0) is 16.9. The topological polar surface area (TPSA) is 55.1 Å². The van der Waals surface area contributed by atoms with E-state index in [1.807, 2.05) is 42.5 Å². The van der Waals surface area contributed by atoms with Crippen LogP contribution in [0.2, 0.25) is 0 Å². The second kappa shape index (κ2) is 7.53. The van der Waals surface area contributed by atoms with E-state index in [2.05, 4.69) is 24.1 Å². The summed E-state index contributed by atoms with van der Waals surface area (Å²) in [7, 11) is 0. The van der Waals surface area contributed by atoms with Crippen molar-refractivity contribution in [1.29, 1.82) is 0 Å². The van der Waals surface area contributed by atoms with E-state index in [1.54, 1.807) is 24.2 Å². The van der Waals surface area contributed by atoms with E-state index in [0.717, 1.165) is 22.4 Å².